The van der Waals surface area contributed by atoms with Crippen LogP contribution in [0, 0.1) is 5.92 Å². The molecule has 1 N–H and O–H groups in total. The van der Waals surface area contributed by atoms with Crippen LogP contribution in [0.15, 0.2) is 0 Å². The van der Waals surface area contributed by atoms with Crippen LogP contribution in [-0.2, 0) is 4.74 Å². The SMILES string of the molecule is CC(NCC1CN(C)CCO1)C1CCCC1. The summed E-state index contributed by atoms with van der Waals surface area (Å²) in [6, 6.07) is 0.665. The molecule has 0 amide bonds. The molecule has 2 atom stereocenters. The van der Waals surface area contributed by atoms with Gasteiger partial charge in [0, 0.05) is 25.7 Å². The lowest BCUT2D eigenvalue weighted by molar-refractivity contribution is -0.0197. The number of hydrogen-bond acceptors (Lipinski definition) is 3. The lowest BCUT2D eigenvalue weighted by atomic mass is 10.00. The topological polar surface area (TPSA) is 24.5 Å². The van der Waals surface area contributed by atoms with Crippen molar-refractivity contribution in [2.24, 2.45) is 5.92 Å². The van der Waals surface area contributed by atoms with Gasteiger partial charge in [-0.15, -0.1) is 0 Å². The van der Waals surface area contributed by atoms with Crippen LogP contribution in [0.5, 0.6) is 0 Å². The predicted molar refractivity (Wildman–Crippen MR) is 66.7 cm³/mol. The van der Waals surface area contributed by atoms with Gasteiger partial charge in [-0.1, -0.05) is 12.8 Å². The molecule has 1 aliphatic heterocycles. The molecule has 0 spiro atoms. The van der Waals surface area contributed by atoms with Crippen LogP contribution in [0.3, 0.4) is 0 Å². The third kappa shape index (κ3) is 3.44. The minimum Gasteiger partial charge on any atom is -0.374 e. The zero-order valence-electron chi connectivity index (χ0n) is 10.7. The zero-order chi connectivity index (χ0) is 11.4. The van der Waals surface area contributed by atoms with E-state index in [1.165, 1.54) is 25.7 Å². The number of ether oxygens (including phenoxy) is 1. The molecule has 94 valence electrons. The summed E-state index contributed by atoms with van der Waals surface area (Å²) in [5.74, 6) is 0.904. The fraction of sp³-hybridized carbons (Fsp3) is 1.00. The normalized spacial score (nSPS) is 30.8. The van der Waals surface area contributed by atoms with E-state index < -0.39 is 0 Å². The number of nitrogens with one attached hydrogen (secondary N) is 1. The fourth-order valence-electron chi connectivity index (χ4n) is 2.93. The first kappa shape index (κ1) is 12.3. The van der Waals surface area contributed by atoms with Crippen LogP contribution >= 0.6 is 0 Å². The van der Waals surface area contributed by atoms with Crippen LogP contribution in [0.4, 0.5) is 0 Å². The molecule has 2 fully saturated rings. The Balaban J connectivity index is 1.65. The van der Waals surface area contributed by atoms with E-state index in [9.17, 15) is 0 Å². The van der Waals surface area contributed by atoms with Gasteiger partial charge in [0.25, 0.3) is 0 Å². The molecule has 0 aromatic heterocycles. The number of likely N-dealkylation sites (N-methyl/N-ethyl adjacent to an activating group) is 1. The summed E-state index contributed by atoms with van der Waals surface area (Å²) in [6.07, 6.45) is 6.08. The van der Waals surface area contributed by atoms with Crippen molar-refractivity contribution in [3.05, 3.63) is 0 Å². The van der Waals surface area contributed by atoms with Crippen molar-refractivity contribution in [2.45, 2.75) is 44.8 Å². The van der Waals surface area contributed by atoms with Gasteiger partial charge in [-0.25, -0.2) is 0 Å². The van der Waals surface area contributed by atoms with Crippen molar-refractivity contribution in [3.63, 3.8) is 0 Å². The highest BCUT2D eigenvalue weighted by Gasteiger charge is 2.23. The highest BCUT2D eigenvalue weighted by atomic mass is 16.5. The summed E-state index contributed by atoms with van der Waals surface area (Å²) in [5.41, 5.74) is 0. The molecule has 2 unspecified atom stereocenters. The van der Waals surface area contributed by atoms with Gasteiger partial charge >= 0.3 is 0 Å². The van der Waals surface area contributed by atoms with Crippen molar-refractivity contribution in [2.75, 3.05) is 33.3 Å². The summed E-state index contributed by atoms with van der Waals surface area (Å²) < 4.78 is 5.76. The molecular weight excluding hydrogens is 200 g/mol. The van der Waals surface area contributed by atoms with Crippen LogP contribution in [0.25, 0.3) is 0 Å². The quantitative estimate of drug-likeness (QED) is 0.786. The second kappa shape index (κ2) is 5.99. The van der Waals surface area contributed by atoms with Crippen molar-refractivity contribution >= 4 is 0 Å². The van der Waals surface area contributed by atoms with E-state index in [0.717, 1.165) is 32.2 Å². The smallest absolute Gasteiger partial charge is 0.0826 e. The molecule has 0 aromatic carbocycles. The van der Waals surface area contributed by atoms with Gasteiger partial charge < -0.3 is 15.0 Å². The second-order valence-corrected chi connectivity index (χ2v) is 5.50. The van der Waals surface area contributed by atoms with Crippen molar-refractivity contribution < 1.29 is 4.74 Å². The van der Waals surface area contributed by atoms with Crippen molar-refractivity contribution in [1.82, 2.24) is 10.2 Å². The molecule has 1 heterocycles. The Hall–Kier alpha value is -0.120. The number of rotatable bonds is 4. The average Bonchev–Trinajstić information content (AvgIpc) is 2.79. The van der Waals surface area contributed by atoms with Crippen molar-refractivity contribution in [1.29, 1.82) is 0 Å². The molecule has 1 saturated heterocycles. The third-order valence-corrected chi connectivity index (χ3v) is 4.12. The molecule has 0 bridgehead atoms. The minimum absolute atomic E-state index is 0.391. The van der Waals surface area contributed by atoms with Gasteiger partial charge in [0.15, 0.2) is 0 Å². The molecule has 1 saturated carbocycles. The van der Waals surface area contributed by atoms with E-state index in [1.807, 2.05) is 0 Å². The van der Waals surface area contributed by atoms with E-state index >= 15 is 0 Å². The maximum Gasteiger partial charge on any atom is 0.0826 e. The van der Waals surface area contributed by atoms with Crippen LogP contribution < -0.4 is 5.32 Å². The number of nitrogens with zero attached hydrogens (tertiary/aromatic N) is 1. The summed E-state index contributed by atoms with van der Waals surface area (Å²) in [4.78, 5) is 2.36. The lowest BCUT2D eigenvalue weighted by Gasteiger charge is -2.31. The molecule has 3 heteroatoms. The standard InChI is InChI=1S/C13H26N2O/c1-11(12-5-3-4-6-12)14-9-13-10-15(2)7-8-16-13/h11-14H,3-10H2,1-2H3. The Morgan fingerprint density at radius 3 is 2.81 bits per heavy atom. The fourth-order valence-corrected chi connectivity index (χ4v) is 2.93. The lowest BCUT2D eigenvalue weighted by Crippen LogP contribution is -2.47. The first-order chi connectivity index (χ1) is 7.75. The van der Waals surface area contributed by atoms with Gasteiger partial charge in [0.1, 0.15) is 0 Å². The Bertz CT molecular complexity index is 202. The molecule has 0 aromatic rings. The Kier molecular flexibility index (Phi) is 4.62. The zero-order valence-corrected chi connectivity index (χ0v) is 10.7. The van der Waals surface area contributed by atoms with Crippen LogP contribution in [0.1, 0.15) is 32.6 Å². The maximum atomic E-state index is 5.76. The molecule has 2 aliphatic rings. The van der Waals surface area contributed by atoms with Gasteiger partial charge in [-0.3, -0.25) is 0 Å². The van der Waals surface area contributed by atoms with Crippen molar-refractivity contribution in [3.8, 4) is 0 Å². The second-order valence-electron chi connectivity index (χ2n) is 5.50. The Morgan fingerprint density at radius 1 is 1.38 bits per heavy atom. The van der Waals surface area contributed by atoms with E-state index in [0.29, 0.717) is 12.1 Å². The van der Waals surface area contributed by atoms with E-state index in [-0.39, 0.29) is 0 Å². The van der Waals surface area contributed by atoms with Gasteiger partial charge in [-0.05, 0) is 32.7 Å². The van der Waals surface area contributed by atoms with Gasteiger partial charge in [0.2, 0.25) is 0 Å². The average molecular weight is 226 g/mol. The van der Waals surface area contributed by atoms with Gasteiger partial charge in [-0.2, -0.15) is 0 Å². The Labute approximate surface area is 99.5 Å². The molecule has 3 nitrogen and oxygen atoms in total. The Morgan fingerprint density at radius 2 is 2.12 bits per heavy atom. The summed E-state index contributed by atoms with van der Waals surface area (Å²) >= 11 is 0. The highest BCUT2D eigenvalue weighted by Crippen LogP contribution is 2.27. The number of hydrogen-bond donors (Lipinski definition) is 1. The first-order valence-electron chi connectivity index (χ1n) is 6.79. The predicted octanol–water partition coefficient (Wildman–Crippen LogP) is 1.49. The largest absolute Gasteiger partial charge is 0.374 e. The first-order valence-corrected chi connectivity index (χ1v) is 6.79. The minimum atomic E-state index is 0.391. The van der Waals surface area contributed by atoms with Gasteiger partial charge in [0.05, 0.1) is 12.7 Å². The van der Waals surface area contributed by atoms with E-state index in [1.54, 1.807) is 0 Å². The maximum absolute atomic E-state index is 5.76. The third-order valence-electron chi connectivity index (χ3n) is 4.12. The summed E-state index contributed by atoms with van der Waals surface area (Å²) in [5, 5.41) is 3.66. The highest BCUT2D eigenvalue weighted by molar-refractivity contribution is 4.79. The van der Waals surface area contributed by atoms with E-state index in [2.05, 4.69) is 24.2 Å². The molecule has 2 rings (SSSR count). The monoisotopic (exact) mass is 226 g/mol. The summed E-state index contributed by atoms with van der Waals surface area (Å²) in [6.45, 7) is 6.39. The molecule has 0 radical (unpaired) electrons. The molecular formula is C13H26N2O. The number of morpholine rings is 1. The van der Waals surface area contributed by atoms with Crippen LogP contribution in [0.2, 0.25) is 0 Å². The molecule has 1 aliphatic carbocycles. The summed E-state index contributed by atoms with van der Waals surface area (Å²) in [7, 11) is 2.18. The van der Waals surface area contributed by atoms with Crippen LogP contribution in [-0.4, -0.2) is 50.3 Å². The van der Waals surface area contributed by atoms with E-state index in [4.69, 9.17) is 4.74 Å². The molecule has 16 heavy (non-hydrogen) atoms.